The number of anilines is 1. The van der Waals surface area contributed by atoms with E-state index in [9.17, 15) is 9.59 Å². The summed E-state index contributed by atoms with van der Waals surface area (Å²) in [5.41, 5.74) is 0.437. The zero-order valence-electron chi connectivity index (χ0n) is 11.0. The molecule has 1 aromatic carbocycles. The van der Waals surface area contributed by atoms with Gasteiger partial charge in [-0.3, -0.25) is 9.59 Å². The van der Waals surface area contributed by atoms with Crippen molar-refractivity contribution in [3.63, 3.8) is 0 Å². The highest BCUT2D eigenvalue weighted by Crippen LogP contribution is 2.37. The number of benzene rings is 1. The van der Waals surface area contributed by atoms with E-state index in [4.69, 9.17) is 28.3 Å². The second-order valence-electron chi connectivity index (χ2n) is 5.11. The Morgan fingerprint density at radius 3 is 2.52 bits per heavy atom. The molecule has 1 amide bonds. The van der Waals surface area contributed by atoms with E-state index in [2.05, 4.69) is 21.2 Å². The number of rotatable bonds is 3. The Labute approximate surface area is 140 Å². The summed E-state index contributed by atoms with van der Waals surface area (Å²) in [6.45, 7) is 0. The van der Waals surface area contributed by atoms with Crippen LogP contribution in [-0.4, -0.2) is 17.0 Å². The van der Waals surface area contributed by atoms with Gasteiger partial charge in [0.05, 0.1) is 21.7 Å². The molecule has 114 valence electrons. The zero-order chi connectivity index (χ0) is 15.6. The molecule has 0 aromatic heterocycles. The van der Waals surface area contributed by atoms with Crippen LogP contribution in [0, 0.1) is 11.8 Å². The minimum Gasteiger partial charge on any atom is -0.481 e. The highest BCUT2D eigenvalue weighted by Gasteiger charge is 2.31. The molecular formula is C14H14BrCl2NO3. The van der Waals surface area contributed by atoms with Gasteiger partial charge in [-0.15, -0.1) is 0 Å². The van der Waals surface area contributed by atoms with Crippen LogP contribution in [0.15, 0.2) is 16.6 Å². The molecule has 1 aromatic rings. The van der Waals surface area contributed by atoms with Crippen LogP contribution in [0.5, 0.6) is 0 Å². The quantitative estimate of drug-likeness (QED) is 0.737. The SMILES string of the molecule is O=C(O)C1CCCC(C(=O)Nc2ccc(Br)c(Cl)c2Cl)C1. The van der Waals surface area contributed by atoms with E-state index in [-0.39, 0.29) is 16.8 Å². The number of carbonyl (C=O) groups is 2. The molecule has 0 spiro atoms. The average molecular weight is 395 g/mol. The van der Waals surface area contributed by atoms with Crippen molar-refractivity contribution in [1.82, 2.24) is 0 Å². The molecule has 4 nitrogen and oxygen atoms in total. The molecule has 2 unspecified atom stereocenters. The number of hydrogen-bond acceptors (Lipinski definition) is 2. The van der Waals surface area contributed by atoms with E-state index >= 15 is 0 Å². The predicted octanol–water partition coefficient (Wildman–Crippen LogP) is 4.59. The largest absolute Gasteiger partial charge is 0.481 e. The fraction of sp³-hybridized carbons (Fsp3) is 0.429. The maximum atomic E-state index is 12.3. The van der Waals surface area contributed by atoms with Crippen LogP contribution in [0.1, 0.15) is 25.7 Å². The van der Waals surface area contributed by atoms with Crippen molar-refractivity contribution in [1.29, 1.82) is 0 Å². The lowest BCUT2D eigenvalue weighted by Crippen LogP contribution is -2.31. The van der Waals surface area contributed by atoms with Gasteiger partial charge in [0.2, 0.25) is 5.91 Å². The van der Waals surface area contributed by atoms with E-state index in [1.54, 1.807) is 12.1 Å². The Balaban J connectivity index is 2.08. The Bertz CT molecular complexity index is 580. The molecule has 2 N–H and O–H groups in total. The van der Waals surface area contributed by atoms with Gasteiger partial charge in [0.1, 0.15) is 0 Å². The second-order valence-corrected chi connectivity index (χ2v) is 6.72. The Kier molecular flexibility index (Phi) is 5.52. The molecule has 0 saturated heterocycles. The fourth-order valence-electron chi connectivity index (χ4n) is 2.51. The fourth-order valence-corrected chi connectivity index (χ4v) is 3.33. The highest BCUT2D eigenvalue weighted by atomic mass is 79.9. The molecular weight excluding hydrogens is 381 g/mol. The summed E-state index contributed by atoms with van der Waals surface area (Å²) in [7, 11) is 0. The number of amides is 1. The van der Waals surface area contributed by atoms with Crippen molar-refractivity contribution >= 4 is 56.7 Å². The van der Waals surface area contributed by atoms with E-state index in [1.807, 2.05) is 0 Å². The van der Waals surface area contributed by atoms with Crippen LogP contribution in [0.2, 0.25) is 10.0 Å². The minimum atomic E-state index is -0.836. The van der Waals surface area contributed by atoms with Gasteiger partial charge in [-0.25, -0.2) is 0 Å². The number of carboxylic acids is 1. The van der Waals surface area contributed by atoms with Crippen molar-refractivity contribution in [3.8, 4) is 0 Å². The number of carboxylic acid groups (broad SMARTS) is 1. The van der Waals surface area contributed by atoms with Crippen molar-refractivity contribution in [2.75, 3.05) is 5.32 Å². The highest BCUT2D eigenvalue weighted by molar-refractivity contribution is 9.10. The topological polar surface area (TPSA) is 66.4 Å². The van der Waals surface area contributed by atoms with Crippen molar-refractivity contribution in [2.24, 2.45) is 11.8 Å². The van der Waals surface area contributed by atoms with Crippen LogP contribution in [0.25, 0.3) is 0 Å². The van der Waals surface area contributed by atoms with E-state index in [0.29, 0.717) is 34.4 Å². The summed E-state index contributed by atoms with van der Waals surface area (Å²) in [4.78, 5) is 23.3. The normalized spacial score (nSPS) is 21.9. The summed E-state index contributed by atoms with van der Waals surface area (Å²) in [6.07, 6.45) is 2.42. The Hall–Kier alpha value is -0.780. The van der Waals surface area contributed by atoms with Crippen LogP contribution >= 0.6 is 39.1 Å². The lowest BCUT2D eigenvalue weighted by atomic mass is 9.81. The Morgan fingerprint density at radius 1 is 1.19 bits per heavy atom. The van der Waals surface area contributed by atoms with Gasteiger partial charge in [-0.05, 0) is 47.3 Å². The molecule has 21 heavy (non-hydrogen) atoms. The smallest absolute Gasteiger partial charge is 0.306 e. The summed E-state index contributed by atoms with van der Waals surface area (Å²) < 4.78 is 0.649. The third kappa shape index (κ3) is 3.90. The van der Waals surface area contributed by atoms with Crippen molar-refractivity contribution < 1.29 is 14.7 Å². The van der Waals surface area contributed by atoms with Crippen molar-refractivity contribution in [2.45, 2.75) is 25.7 Å². The molecule has 1 saturated carbocycles. The predicted molar refractivity (Wildman–Crippen MR) is 85.9 cm³/mol. The summed E-state index contributed by atoms with van der Waals surface area (Å²) in [5.74, 6) is -1.80. The molecule has 2 rings (SSSR count). The molecule has 2 atom stereocenters. The first-order valence-electron chi connectivity index (χ1n) is 6.57. The van der Waals surface area contributed by atoms with E-state index < -0.39 is 11.9 Å². The molecule has 0 aliphatic heterocycles. The van der Waals surface area contributed by atoms with Crippen LogP contribution < -0.4 is 5.32 Å². The van der Waals surface area contributed by atoms with Gasteiger partial charge in [0, 0.05) is 10.4 Å². The monoisotopic (exact) mass is 393 g/mol. The molecule has 1 aliphatic rings. The maximum absolute atomic E-state index is 12.3. The second kappa shape index (κ2) is 6.99. The summed E-state index contributed by atoms with van der Waals surface area (Å²) in [5, 5.41) is 12.4. The molecule has 1 aliphatic carbocycles. The van der Waals surface area contributed by atoms with E-state index in [1.165, 1.54) is 0 Å². The lowest BCUT2D eigenvalue weighted by Gasteiger charge is -2.25. The van der Waals surface area contributed by atoms with Crippen LogP contribution in [0.4, 0.5) is 5.69 Å². The first-order chi connectivity index (χ1) is 9.90. The molecule has 0 radical (unpaired) electrons. The van der Waals surface area contributed by atoms with Crippen LogP contribution in [-0.2, 0) is 9.59 Å². The van der Waals surface area contributed by atoms with Gasteiger partial charge in [0.15, 0.2) is 0 Å². The number of hydrogen-bond donors (Lipinski definition) is 2. The van der Waals surface area contributed by atoms with Gasteiger partial charge in [0.25, 0.3) is 0 Å². The van der Waals surface area contributed by atoms with Gasteiger partial charge < -0.3 is 10.4 Å². The van der Waals surface area contributed by atoms with Crippen LogP contribution in [0.3, 0.4) is 0 Å². The molecule has 0 heterocycles. The summed E-state index contributed by atoms with van der Waals surface area (Å²) >= 11 is 15.4. The number of aliphatic carboxylic acids is 1. The van der Waals surface area contributed by atoms with Gasteiger partial charge in [-0.1, -0.05) is 29.6 Å². The Morgan fingerprint density at radius 2 is 1.86 bits per heavy atom. The number of carbonyl (C=O) groups excluding carboxylic acids is 1. The van der Waals surface area contributed by atoms with E-state index in [0.717, 1.165) is 6.42 Å². The third-order valence-corrected chi connectivity index (χ3v) is 5.46. The zero-order valence-corrected chi connectivity index (χ0v) is 14.1. The molecule has 0 bridgehead atoms. The first-order valence-corrected chi connectivity index (χ1v) is 8.12. The van der Waals surface area contributed by atoms with Gasteiger partial charge in [-0.2, -0.15) is 0 Å². The summed E-state index contributed by atoms with van der Waals surface area (Å²) in [6, 6.07) is 3.36. The molecule has 7 heteroatoms. The minimum absolute atomic E-state index is 0.207. The molecule has 1 fully saturated rings. The standard InChI is InChI=1S/C14H14BrCl2NO3/c15-9-4-5-10(12(17)11(9)16)18-13(19)7-2-1-3-8(6-7)14(20)21/h4-5,7-8H,1-3,6H2,(H,18,19)(H,20,21). The van der Waals surface area contributed by atoms with Crippen molar-refractivity contribution in [3.05, 3.63) is 26.7 Å². The number of halogens is 3. The number of nitrogens with one attached hydrogen (secondary N) is 1. The first kappa shape index (κ1) is 16.6. The van der Waals surface area contributed by atoms with Gasteiger partial charge >= 0.3 is 5.97 Å². The maximum Gasteiger partial charge on any atom is 0.306 e. The lowest BCUT2D eigenvalue weighted by molar-refractivity contribution is -0.143. The average Bonchev–Trinajstić information content (AvgIpc) is 2.48. The third-order valence-electron chi connectivity index (χ3n) is 3.69.